The van der Waals surface area contributed by atoms with Gasteiger partial charge in [0.2, 0.25) is 10.0 Å². The Labute approximate surface area is 150 Å². The zero-order valence-corrected chi connectivity index (χ0v) is 15.4. The Morgan fingerprint density at radius 1 is 1.12 bits per heavy atom. The summed E-state index contributed by atoms with van der Waals surface area (Å²) in [6.45, 7) is 2.03. The Kier molecular flexibility index (Phi) is 4.97. The molecule has 3 fully saturated rings. The molecule has 0 radical (unpaired) electrons. The van der Waals surface area contributed by atoms with Gasteiger partial charge < -0.3 is 10.1 Å². The van der Waals surface area contributed by atoms with E-state index < -0.39 is 10.0 Å². The van der Waals surface area contributed by atoms with E-state index in [1.807, 2.05) is 0 Å². The molecule has 0 amide bonds. The maximum Gasteiger partial charge on any atom is 0.246 e. The third-order valence-electron chi connectivity index (χ3n) is 5.81. The molecular formula is C18H27N3O3S. The third-order valence-corrected chi connectivity index (χ3v) is 7.74. The SMILES string of the molecule is O=S(=O)(c1cccnc1NC1CCCC2OCCC12)N1CCCCC1. The first kappa shape index (κ1) is 17.2. The number of piperidine rings is 1. The average molecular weight is 365 g/mol. The number of hydrogen-bond acceptors (Lipinski definition) is 5. The molecule has 0 spiro atoms. The van der Waals surface area contributed by atoms with Gasteiger partial charge in [0.25, 0.3) is 0 Å². The van der Waals surface area contributed by atoms with Crippen LogP contribution in [-0.4, -0.2) is 49.5 Å². The van der Waals surface area contributed by atoms with Gasteiger partial charge >= 0.3 is 0 Å². The quantitative estimate of drug-likeness (QED) is 0.888. The number of fused-ring (bicyclic) bond motifs is 1. The molecule has 138 valence electrons. The van der Waals surface area contributed by atoms with Crippen molar-refractivity contribution in [1.82, 2.24) is 9.29 Å². The smallest absolute Gasteiger partial charge is 0.246 e. The summed E-state index contributed by atoms with van der Waals surface area (Å²) in [5.41, 5.74) is 0. The van der Waals surface area contributed by atoms with Gasteiger partial charge in [-0.25, -0.2) is 13.4 Å². The number of nitrogens with one attached hydrogen (secondary N) is 1. The standard InChI is InChI=1S/C18H27N3O3S/c22-25(23,21-11-2-1-3-12-21)17-8-5-10-19-18(17)20-15-6-4-7-16-14(15)9-13-24-16/h5,8,10,14-16H,1-4,6-7,9,11-13H2,(H,19,20). The van der Waals surface area contributed by atoms with Crippen molar-refractivity contribution in [2.75, 3.05) is 25.0 Å². The number of ether oxygens (including phenoxy) is 1. The molecule has 1 aliphatic carbocycles. The first-order chi connectivity index (χ1) is 12.2. The molecule has 7 heteroatoms. The van der Waals surface area contributed by atoms with E-state index in [2.05, 4.69) is 10.3 Å². The highest BCUT2D eigenvalue weighted by molar-refractivity contribution is 7.89. The summed E-state index contributed by atoms with van der Waals surface area (Å²) < 4.78 is 33.6. The largest absolute Gasteiger partial charge is 0.378 e. The van der Waals surface area contributed by atoms with Gasteiger partial charge in [-0.15, -0.1) is 0 Å². The van der Waals surface area contributed by atoms with Gasteiger partial charge in [-0.2, -0.15) is 4.31 Å². The minimum Gasteiger partial charge on any atom is -0.378 e. The number of sulfonamides is 1. The van der Waals surface area contributed by atoms with E-state index in [0.717, 1.165) is 51.6 Å². The molecule has 1 N–H and O–H groups in total. The summed E-state index contributed by atoms with van der Waals surface area (Å²) in [5.74, 6) is 0.965. The number of hydrogen-bond donors (Lipinski definition) is 1. The fourth-order valence-corrected chi connectivity index (χ4v) is 6.11. The Morgan fingerprint density at radius 2 is 1.96 bits per heavy atom. The minimum absolute atomic E-state index is 0.242. The molecule has 25 heavy (non-hydrogen) atoms. The van der Waals surface area contributed by atoms with Gasteiger partial charge in [0.05, 0.1) is 6.10 Å². The highest BCUT2D eigenvalue weighted by atomic mass is 32.2. The van der Waals surface area contributed by atoms with Crippen molar-refractivity contribution in [3.05, 3.63) is 18.3 Å². The molecule has 2 aliphatic heterocycles. The molecule has 6 nitrogen and oxygen atoms in total. The zero-order chi connectivity index (χ0) is 17.3. The number of pyridine rings is 1. The Bertz CT molecular complexity index is 703. The van der Waals surface area contributed by atoms with Crippen LogP contribution in [0.3, 0.4) is 0 Å². The van der Waals surface area contributed by atoms with Crippen LogP contribution in [0, 0.1) is 5.92 Å². The normalized spacial score (nSPS) is 30.8. The molecule has 3 unspecified atom stereocenters. The molecule has 3 aliphatic rings. The van der Waals surface area contributed by atoms with E-state index in [1.54, 1.807) is 22.6 Å². The predicted molar refractivity (Wildman–Crippen MR) is 96.0 cm³/mol. The summed E-state index contributed by atoms with van der Waals surface area (Å²) in [6.07, 6.45) is 9.28. The fourth-order valence-electron chi connectivity index (χ4n) is 4.48. The number of anilines is 1. The second-order valence-electron chi connectivity index (χ2n) is 7.36. The van der Waals surface area contributed by atoms with E-state index in [0.29, 0.717) is 35.8 Å². The van der Waals surface area contributed by atoms with Gasteiger partial charge in [-0.1, -0.05) is 6.42 Å². The van der Waals surface area contributed by atoms with Crippen LogP contribution >= 0.6 is 0 Å². The van der Waals surface area contributed by atoms with Gasteiger partial charge in [-0.3, -0.25) is 0 Å². The molecule has 3 atom stereocenters. The molecule has 4 rings (SSSR count). The van der Waals surface area contributed by atoms with Crippen LogP contribution in [0.1, 0.15) is 44.9 Å². The van der Waals surface area contributed by atoms with Crippen molar-refractivity contribution < 1.29 is 13.2 Å². The average Bonchev–Trinajstić information content (AvgIpc) is 3.13. The van der Waals surface area contributed by atoms with Crippen LogP contribution in [0.15, 0.2) is 23.2 Å². The molecule has 2 saturated heterocycles. The highest BCUT2D eigenvalue weighted by Crippen LogP contribution is 2.36. The Balaban J connectivity index is 1.58. The number of rotatable bonds is 4. The van der Waals surface area contributed by atoms with Crippen LogP contribution in [-0.2, 0) is 14.8 Å². The maximum atomic E-state index is 13.1. The summed E-state index contributed by atoms with van der Waals surface area (Å²) >= 11 is 0. The number of nitrogens with zero attached hydrogens (tertiary/aromatic N) is 2. The molecule has 0 bridgehead atoms. The van der Waals surface area contributed by atoms with Crippen LogP contribution < -0.4 is 5.32 Å². The van der Waals surface area contributed by atoms with Crippen LogP contribution in [0.4, 0.5) is 5.82 Å². The molecule has 3 heterocycles. The molecule has 0 aromatic carbocycles. The summed E-state index contributed by atoms with van der Waals surface area (Å²) in [4.78, 5) is 4.71. The predicted octanol–water partition coefficient (Wildman–Crippen LogP) is 2.63. The van der Waals surface area contributed by atoms with E-state index in [1.165, 1.54) is 0 Å². The van der Waals surface area contributed by atoms with Crippen molar-refractivity contribution in [2.24, 2.45) is 5.92 Å². The molecule has 1 aromatic heterocycles. The third kappa shape index (κ3) is 3.41. The monoisotopic (exact) mass is 365 g/mol. The van der Waals surface area contributed by atoms with Crippen molar-refractivity contribution >= 4 is 15.8 Å². The van der Waals surface area contributed by atoms with E-state index >= 15 is 0 Å². The summed E-state index contributed by atoms with van der Waals surface area (Å²) in [5, 5.41) is 3.47. The lowest BCUT2D eigenvalue weighted by Gasteiger charge is -2.34. The Hall–Kier alpha value is -1.18. The second kappa shape index (κ2) is 7.21. The van der Waals surface area contributed by atoms with Gasteiger partial charge in [0.15, 0.2) is 0 Å². The van der Waals surface area contributed by atoms with Crippen molar-refractivity contribution in [3.8, 4) is 0 Å². The van der Waals surface area contributed by atoms with Crippen molar-refractivity contribution in [1.29, 1.82) is 0 Å². The van der Waals surface area contributed by atoms with Crippen molar-refractivity contribution in [3.63, 3.8) is 0 Å². The molecule has 1 aromatic rings. The Morgan fingerprint density at radius 3 is 2.80 bits per heavy atom. The summed E-state index contributed by atoms with van der Waals surface area (Å²) in [7, 11) is -3.49. The second-order valence-corrected chi connectivity index (χ2v) is 9.26. The van der Waals surface area contributed by atoms with E-state index in [-0.39, 0.29) is 6.04 Å². The summed E-state index contributed by atoms with van der Waals surface area (Å²) in [6, 6.07) is 3.64. The lowest BCUT2D eigenvalue weighted by atomic mass is 9.82. The van der Waals surface area contributed by atoms with Crippen LogP contribution in [0.25, 0.3) is 0 Å². The molecular weight excluding hydrogens is 338 g/mol. The maximum absolute atomic E-state index is 13.1. The highest BCUT2D eigenvalue weighted by Gasteiger charge is 2.38. The van der Waals surface area contributed by atoms with E-state index in [4.69, 9.17) is 4.74 Å². The van der Waals surface area contributed by atoms with Crippen molar-refractivity contribution in [2.45, 2.75) is 62.0 Å². The molecule has 1 saturated carbocycles. The zero-order valence-electron chi connectivity index (χ0n) is 14.6. The minimum atomic E-state index is -3.49. The lowest BCUT2D eigenvalue weighted by molar-refractivity contribution is 0.0619. The number of aromatic nitrogens is 1. The van der Waals surface area contributed by atoms with Crippen LogP contribution in [0.5, 0.6) is 0 Å². The lowest BCUT2D eigenvalue weighted by Crippen LogP contribution is -2.40. The van der Waals surface area contributed by atoms with Crippen LogP contribution in [0.2, 0.25) is 0 Å². The first-order valence-electron chi connectivity index (χ1n) is 9.49. The fraction of sp³-hybridized carbons (Fsp3) is 0.722. The topological polar surface area (TPSA) is 71.5 Å². The van der Waals surface area contributed by atoms with Gasteiger partial charge in [0, 0.05) is 37.9 Å². The van der Waals surface area contributed by atoms with Gasteiger partial charge in [0.1, 0.15) is 10.7 Å². The van der Waals surface area contributed by atoms with Gasteiger partial charge in [-0.05, 0) is 50.7 Å². The van der Waals surface area contributed by atoms with E-state index in [9.17, 15) is 8.42 Å². The first-order valence-corrected chi connectivity index (χ1v) is 10.9.